The van der Waals surface area contributed by atoms with Crippen LogP contribution in [0.4, 0.5) is 5.69 Å². The van der Waals surface area contributed by atoms with E-state index in [1.165, 1.54) is 0 Å². The molecule has 1 saturated heterocycles. The predicted octanol–water partition coefficient (Wildman–Crippen LogP) is 2.97. The summed E-state index contributed by atoms with van der Waals surface area (Å²) in [7, 11) is 0. The maximum atomic E-state index is 13.2. The van der Waals surface area contributed by atoms with E-state index >= 15 is 0 Å². The Labute approximate surface area is 165 Å². The van der Waals surface area contributed by atoms with Gasteiger partial charge in [0.2, 0.25) is 0 Å². The van der Waals surface area contributed by atoms with Gasteiger partial charge in [-0.2, -0.15) is 0 Å². The van der Waals surface area contributed by atoms with E-state index in [9.17, 15) is 9.90 Å². The molecule has 0 bridgehead atoms. The lowest BCUT2D eigenvalue weighted by Gasteiger charge is -2.45. The lowest BCUT2D eigenvalue weighted by Crippen LogP contribution is -2.51. The highest BCUT2D eigenvalue weighted by Crippen LogP contribution is 2.41. The van der Waals surface area contributed by atoms with Gasteiger partial charge in [-0.25, -0.2) is 0 Å². The monoisotopic (exact) mass is 375 g/mol. The van der Waals surface area contributed by atoms with E-state index in [-0.39, 0.29) is 18.1 Å². The van der Waals surface area contributed by atoms with Crippen LogP contribution in [0.1, 0.15) is 23.7 Å². The Morgan fingerprint density at radius 2 is 2.07 bits per heavy atom. The molecule has 3 aliphatic rings. The van der Waals surface area contributed by atoms with Gasteiger partial charge in [-0.15, -0.1) is 0 Å². The van der Waals surface area contributed by atoms with E-state index in [4.69, 9.17) is 0 Å². The molecule has 5 nitrogen and oxygen atoms in total. The second-order valence-electron chi connectivity index (χ2n) is 7.97. The number of anilines is 1. The zero-order valence-electron chi connectivity index (χ0n) is 16.1. The fourth-order valence-corrected chi connectivity index (χ4v) is 4.73. The Balaban J connectivity index is 1.64. The van der Waals surface area contributed by atoms with Crippen molar-refractivity contribution in [3.05, 3.63) is 66.0 Å². The SMILES string of the molecule is C[C@@H](CN1CC[C@H](O)C1)N1C2=CC=CCN2C(=O)c2ccc3ccccc3c21. The van der Waals surface area contributed by atoms with Crippen LogP contribution in [0.2, 0.25) is 0 Å². The molecule has 3 heterocycles. The average Bonchev–Trinajstić information content (AvgIpc) is 3.12. The molecule has 0 saturated carbocycles. The van der Waals surface area contributed by atoms with Gasteiger partial charge in [0.1, 0.15) is 5.82 Å². The third kappa shape index (κ3) is 2.74. The van der Waals surface area contributed by atoms with Gasteiger partial charge in [-0.05, 0) is 30.9 Å². The third-order valence-corrected chi connectivity index (χ3v) is 6.02. The van der Waals surface area contributed by atoms with Gasteiger partial charge in [-0.1, -0.05) is 42.5 Å². The van der Waals surface area contributed by atoms with Crippen LogP contribution < -0.4 is 4.90 Å². The number of β-amino-alcohol motifs (C(OH)–C–C–N with tert-alkyl or cyclic N) is 1. The fraction of sp³-hybridized carbons (Fsp3) is 0.348. The summed E-state index contributed by atoms with van der Waals surface area (Å²) in [6.07, 6.45) is 6.71. The molecule has 3 aliphatic heterocycles. The smallest absolute Gasteiger partial charge is 0.261 e. The number of fused-ring (bicyclic) bond motifs is 4. The van der Waals surface area contributed by atoms with Gasteiger partial charge < -0.3 is 10.0 Å². The summed E-state index contributed by atoms with van der Waals surface area (Å²) in [4.78, 5) is 19.7. The van der Waals surface area contributed by atoms with Gasteiger partial charge in [0, 0.05) is 37.6 Å². The van der Waals surface area contributed by atoms with Crippen molar-refractivity contribution < 1.29 is 9.90 Å². The predicted molar refractivity (Wildman–Crippen MR) is 111 cm³/mol. The highest BCUT2D eigenvalue weighted by atomic mass is 16.3. The molecule has 0 aliphatic carbocycles. The molecule has 144 valence electrons. The Morgan fingerprint density at radius 1 is 1.21 bits per heavy atom. The van der Waals surface area contributed by atoms with E-state index in [1.807, 2.05) is 47.4 Å². The third-order valence-electron chi connectivity index (χ3n) is 6.02. The van der Waals surface area contributed by atoms with Crippen LogP contribution in [0.25, 0.3) is 10.8 Å². The molecule has 28 heavy (non-hydrogen) atoms. The average molecular weight is 375 g/mol. The Hall–Kier alpha value is -2.63. The second-order valence-corrected chi connectivity index (χ2v) is 7.97. The number of rotatable bonds is 3. The van der Waals surface area contributed by atoms with Crippen LogP contribution in [0.3, 0.4) is 0 Å². The van der Waals surface area contributed by atoms with Gasteiger partial charge in [0.15, 0.2) is 0 Å². The number of likely N-dealkylation sites (tertiary alicyclic amines) is 1. The first-order chi connectivity index (χ1) is 13.6. The molecule has 1 N–H and O–H groups in total. The van der Waals surface area contributed by atoms with Crippen LogP contribution in [-0.2, 0) is 0 Å². The lowest BCUT2D eigenvalue weighted by atomic mass is 9.97. The molecule has 5 rings (SSSR count). The van der Waals surface area contributed by atoms with Gasteiger partial charge in [0.05, 0.1) is 17.4 Å². The first-order valence-corrected chi connectivity index (χ1v) is 10.0. The standard InChI is InChI=1S/C23H25N3O2/c1-16(14-24-13-11-18(27)15-24)26-21-8-4-5-12-25(21)23(28)20-10-9-17-6-2-3-7-19(17)22(20)26/h2-10,16,18,27H,11-15H2,1H3/t16-,18-/m0/s1. The minimum absolute atomic E-state index is 0.0661. The number of hydrogen-bond donors (Lipinski definition) is 1. The van der Waals surface area contributed by atoms with E-state index < -0.39 is 0 Å². The molecule has 1 amide bonds. The minimum Gasteiger partial charge on any atom is -0.392 e. The summed E-state index contributed by atoms with van der Waals surface area (Å²) in [6.45, 7) is 5.31. The number of nitrogens with zero attached hydrogens (tertiary/aromatic N) is 3. The molecule has 2 aromatic rings. The van der Waals surface area contributed by atoms with Crippen LogP contribution in [0, 0.1) is 0 Å². The second kappa shape index (κ2) is 6.76. The number of aliphatic hydroxyl groups is 1. The van der Waals surface area contributed by atoms with E-state index in [0.29, 0.717) is 6.54 Å². The summed E-state index contributed by atoms with van der Waals surface area (Å²) in [5, 5.41) is 12.2. The highest BCUT2D eigenvalue weighted by Gasteiger charge is 2.38. The zero-order valence-corrected chi connectivity index (χ0v) is 16.1. The maximum absolute atomic E-state index is 13.2. The zero-order chi connectivity index (χ0) is 19.3. The number of hydrogen-bond acceptors (Lipinski definition) is 4. The molecular formula is C23H25N3O2. The number of carbonyl (C=O) groups is 1. The van der Waals surface area contributed by atoms with Crippen molar-refractivity contribution in [1.29, 1.82) is 0 Å². The van der Waals surface area contributed by atoms with Crippen LogP contribution in [0.5, 0.6) is 0 Å². The first-order valence-electron chi connectivity index (χ1n) is 10.0. The van der Waals surface area contributed by atoms with Crippen molar-refractivity contribution in [2.75, 3.05) is 31.1 Å². The number of allylic oxidation sites excluding steroid dienone is 2. The summed E-state index contributed by atoms with van der Waals surface area (Å²) in [5.41, 5.74) is 1.77. The quantitative estimate of drug-likeness (QED) is 0.896. The molecule has 0 unspecified atom stereocenters. The molecular weight excluding hydrogens is 350 g/mol. The Bertz CT molecular complexity index is 997. The molecule has 0 aromatic heterocycles. The van der Waals surface area contributed by atoms with Crippen LogP contribution in [-0.4, -0.2) is 59.1 Å². The fourth-order valence-electron chi connectivity index (χ4n) is 4.73. The lowest BCUT2D eigenvalue weighted by molar-refractivity contribution is 0.0802. The van der Waals surface area contributed by atoms with Crippen molar-refractivity contribution >= 4 is 22.4 Å². The van der Waals surface area contributed by atoms with Crippen molar-refractivity contribution in [2.24, 2.45) is 0 Å². The summed E-state index contributed by atoms with van der Waals surface area (Å²) < 4.78 is 0. The van der Waals surface area contributed by atoms with Crippen molar-refractivity contribution in [1.82, 2.24) is 9.80 Å². The molecule has 5 heteroatoms. The van der Waals surface area contributed by atoms with Crippen molar-refractivity contribution in [2.45, 2.75) is 25.5 Å². The van der Waals surface area contributed by atoms with Crippen molar-refractivity contribution in [3.8, 4) is 0 Å². The topological polar surface area (TPSA) is 47.0 Å². The van der Waals surface area contributed by atoms with Crippen molar-refractivity contribution in [3.63, 3.8) is 0 Å². The van der Waals surface area contributed by atoms with Crippen LogP contribution in [0.15, 0.2) is 60.4 Å². The Kier molecular flexibility index (Phi) is 4.22. The molecule has 0 radical (unpaired) electrons. The summed E-state index contributed by atoms with van der Waals surface area (Å²) in [5.74, 6) is 1.01. The number of benzene rings is 2. The normalized spacial score (nSPS) is 23.0. The van der Waals surface area contributed by atoms with Gasteiger partial charge >= 0.3 is 0 Å². The van der Waals surface area contributed by atoms with E-state index in [0.717, 1.165) is 53.9 Å². The highest BCUT2D eigenvalue weighted by molar-refractivity contribution is 6.12. The number of amides is 1. The first kappa shape index (κ1) is 17.5. The number of carbonyl (C=O) groups excluding carboxylic acids is 1. The molecule has 0 spiro atoms. The summed E-state index contributed by atoms with van der Waals surface area (Å²) >= 11 is 0. The molecule has 2 aromatic carbocycles. The minimum atomic E-state index is -0.225. The molecule has 2 atom stereocenters. The van der Waals surface area contributed by atoms with Gasteiger partial charge in [0.25, 0.3) is 5.91 Å². The van der Waals surface area contributed by atoms with Crippen LogP contribution >= 0.6 is 0 Å². The van der Waals surface area contributed by atoms with Gasteiger partial charge in [-0.3, -0.25) is 14.6 Å². The largest absolute Gasteiger partial charge is 0.392 e. The summed E-state index contributed by atoms with van der Waals surface area (Å²) in [6, 6.07) is 12.5. The number of aliphatic hydroxyl groups excluding tert-OH is 1. The maximum Gasteiger partial charge on any atom is 0.261 e. The van der Waals surface area contributed by atoms with E-state index in [1.54, 1.807) is 0 Å². The molecule has 1 fully saturated rings. The Morgan fingerprint density at radius 3 is 2.89 bits per heavy atom. The van der Waals surface area contributed by atoms with E-state index in [2.05, 4.69) is 28.9 Å².